The van der Waals surface area contributed by atoms with Gasteiger partial charge in [-0.15, -0.1) is 0 Å². The van der Waals surface area contributed by atoms with Gasteiger partial charge in [-0.25, -0.2) is 0 Å². The van der Waals surface area contributed by atoms with Crippen LogP contribution in [0.3, 0.4) is 0 Å². The lowest BCUT2D eigenvalue weighted by atomic mass is 9.95. The van der Waals surface area contributed by atoms with Gasteiger partial charge in [-0.3, -0.25) is 4.79 Å². The lowest BCUT2D eigenvalue weighted by Crippen LogP contribution is -2.05. The number of rotatable bonds is 5. The first-order chi connectivity index (χ1) is 7.54. The third-order valence-corrected chi connectivity index (χ3v) is 3.13. The fourth-order valence-corrected chi connectivity index (χ4v) is 1.63. The number of carbonyl (C=O) groups excluding carboxylic acids is 1. The van der Waals surface area contributed by atoms with Gasteiger partial charge in [0.1, 0.15) is 0 Å². The van der Waals surface area contributed by atoms with Gasteiger partial charge < -0.3 is 0 Å². The van der Waals surface area contributed by atoms with Gasteiger partial charge in [-0.05, 0) is 17.4 Å². The molecule has 0 N–H and O–H groups in total. The summed E-state index contributed by atoms with van der Waals surface area (Å²) in [6.45, 7) is 8.58. The van der Waals surface area contributed by atoms with Gasteiger partial charge >= 0.3 is 0 Å². The molecule has 1 heteroatoms. The van der Waals surface area contributed by atoms with E-state index in [0.29, 0.717) is 18.3 Å². The van der Waals surface area contributed by atoms with E-state index in [1.165, 1.54) is 5.56 Å². The van der Waals surface area contributed by atoms with Crippen LogP contribution in [0.25, 0.3) is 0 Å². The molecule has 0 radical (unpaired) electrons. The molecule has 88 valence electrons. The van der Waals surface area contributed by atoms with Crippen molar-refractivity contribution in [3.63, 3.8) is 0 Å². The predicted octanol–water partition coefficient (Wildman–Crippen LogP) is 4.43. The van der Waals surface area contributed by atoms with E-state index in [4.69, 9.17) is 0 Å². The van der Waals surface area contributed by atoms with Gasteiger partial charge in [0.15, 0.2) is 5.78 Å². The number of ketones is 1. The maximum Gasteiger partial charge on any atom is 0.163 e. The van der Waals surface area contributed by atoms with E-state index < -0.39 is 0 Å². The van der Waals surface area contributed by atoms with E-state index in [0.717, 1.165) is 12.0 Å². The highest BCUT2D eigenvalue weighted by atomic mass is 16.1. The Hall–Kier alpha value is -1.11. The van der Waals surface area contributed by atoms with Gasteiger partial charge in [-0.1, -0.05) is 58.4 Å². The molecule has 1 aromatic rings. The third-order valence-electron chi connectivity index (χ3n) is 3.13. The molecule has 0 aliphatic rings. The van der Waals surface area contributed by atoms with Crippen molar-refractivity contribution in [1.82, 2.24) is 0 Å². The smallest absolute Gasteiger partial charge is 0.163 e. The molecule has 16 heavy (non-hydrogen) atoms. The highest BCUT2D eigenvalue weighted by molar-refractivity contribution is 5.96. The lowest BCUT2D eigenvalue weighted by molar-refractivity contribution is 0.0963. The van der Waals surface area contributed by atoms with Crippen molar-refractivity contribution in [1.29, 1.82) is 0 Å². The van der Waals surface area contributed by atoms with E-state index in [1.54, 1.807) is 0 Å². The molecule has 1 rings (SSSR count). The highest BCUT2D eigenvalue weighted by Crippen LogP contribution is 2.17. The first-order valence-corrected chi connectivity index (χ1v) is 6.17. The average molecular weight is 218 g/mol. The maximum absolute atomic E-state index is 11.9. The Balaban J connectivity index is 2.70. The second kappa shape index (κ2) is 5.83. The van der Waals surface area contributed by atoms with Crippen molar-refractivity contribution in [3.8, 4) is 0 Å². The molecule has 0 heterocycles. The SMILES string of the molecule is CCC(C)CC(=O)c1ccc(C(C)C)cc1. The minimum absolute atomic E-state index is 0.268. The van der Waals surface area contributed by atoms with Crippen molar-refractivity contribution >= 4 is 5.78 Å². The Bertz CT molecular complexity index is 335. The maximum atomic E-state index is 11.9. The summed E-state index contributed by atoms with van der Waals surface area (Å²) in [5, 5.41) is 0. The van der Waals surface area contributed by atoms with Gasteiger partial charge in [0.05, 0.1) is 0 Å². The summed E-state index contributed by atoms with van der Waals surface area (Å²) in [6.07, 6.45) is 1.73. The monoisotopic (exact) mass is 218 g/mol. The van der Waals surface area contributed by atoms with Crippen molar-refractivity contribution in [2.45, 2.75) is 46.5 Å². The molecule has 0 amide bonds. The van der Waals surface area contributed by atoms with Crippen LogP contribution in [0.15, 0.2) is 24.3 Å². The van der Waals surface area contributed by atoms with E-state index in [1.807, 2.05) is 12.1 Å². The molecule has 1 unspecified atom stereocenters. The molecule has 1 aromatic carbocycles. The number of benzene rings is 1. The van der Waals surface area contributed by atoms with Crippen LogP contribution >= 0.6 is 0 Å². The van der Waals surface area contributed by atoms with Crippen LogP contribution in [-0.2, 0) is 0 Å². The summed E-state index contributed by atoms with van der Waals surface area (Å²) >= 11 is 0. The largest absolute Gasteiger partial charge is 0.294 e. The fraction of sp³-hybridized carbons (Fsp3) is 0.533. The molecule has 0 aliphatic carbocycles. The van der Waals surface area contributed by atoms with Crippen molar-refractivity contribution in [3.05, 3.63) is 35.4 Å². The van der Waals surface area contributed by atoms with Crippen molar-refractivity contribution in [2.24, 2.45) is 5.92 Å². The molecule has 1 nitrogen and oxygen atoms in total. The topological polar surface area (TPSA) is 17.1 Å². The Labute approximate surface area is 98.9 Å². The quantitative estimate of drug-likeness (QED) is 0.668. The van der Waals surface area contributed by atoms with Crippen LogP contribution in [0.5, 0.6) is 0 Å². The second-order valence-electron chi connectivity index (χ2n) is 4.92. The minimum atomic E-state index is 0.268. The number of hydrogen-bond acceptors (Lipinski definition) is 1. The summed E-state index contributed by atoms with van der Waals surface area (Å²) in [4.78, 5) is 11.9. The van der Waals surface area contributed by atoms with Crippen molar-refractivity contribution in [2.75, 3.05) is 0 Å². The van der Waals surface area contributed by atoms with Crippen LogP contribution in [-0.4, -0.2) is 5.78 Å². The van der Waals surface area contributed by atoms with Gasteiger partial charge in [0, 0.05) is 12.0 Å². The molecule has 1 atom stereocenters. The Morgan fingerprint density at radius 2 is 1.69 bits per heavy atom. The molecule has 0 saturated heterocycles. The molecular formula is C15H22O. The second-order valence-corrected chi connectivity index (χ2v) is 4.92. The normalized spacial score (nSPS) is 12.8. The number of hydrogen-bond donors (Lipinski definition) is 0. The standard InChI is InChI=1S/C15H22O/c1-5-12(4)10-15(16)14-8-6-13(7-9-14)11(2)3/h6-9,11-12H,5,10H2,1-4H3. The molecule has 0 saturated carbocycles. The molecule has 0 aliphatic heterocycles. The summed E-state index contributed by atoms with van der Waals surface area (Å²) in [6, 6.07) is 8.04. The molecule has 0 spiro atoms. The van der Waals surface area contributed by atoms with Crippen LogP contribution < -0.4 is 0 Å². The zero-order valence-corrected chi connectivity index (χ0v) is 10.8. The van der Waals surface area contributed by atoms with Crippen LogP contribution in [0.1, 0.15) is 62.4 Å². The summed E-state index contributed by atoms with van der Waals surface area (Å²) in [5.41, 5.74) is 2.14. The number of Topliss-reactive ketones (excluding diaryl/α,β-unsaturated/α-hetero) is 1. The third kappa shape index (κ3) is 3.48. The predicted molar refractivity (Wildman–Crippen MR) is 68.9 cm³/mol. The summed E-state index contributed by atoms with van der Waals surface area (Å²) in [7, 11) is 0. The Kier molecular flexibility index (Phi) is 4.72. The summed E-state index contributed by atoms with van der Waals surface area (Å²) < 4.78 is 0. The van der Waals surface area contributed by atoms with E-state index in [2.05, 4.69) is 39.8 Å². The first-order valence-electron chi connectivity index (χ1n) is 6.17. The van der Waals surface area contributed by atoms with Gasteiger partial charge in [0.2, 0.25) is 0 Å². The van der Waals surface area contributed by atoms with E-state index in [-0.39, 0.29) is 5.78 Å². The Morgan fingerprint density at radius 3 is 2.12 bits per heavy atom. The van der Waals surface area contributed by atoms with E-state index in [9.17, 15) is 4.79 Å². The molecule has 0 bridgehead atoms. The molecule has 0 fully saturated rings. The molecular weight excluding hydrogens is 196 g/mol. The minimum Gasteiger partial charge on any atom is -0.294 e. The zero-order chi connectivity index (χ0) is 12.1. The van der Waals surface area contributed by atoms with Crippen molar-refractivity contribution < 1.29 is 4.79 Å². The Morgan fingerprint density at radius 1 is 1.12 bits per heavy atom. The van der Waals surface area contributed by atoms with Crippen LogP contribution in [0.4, 0.5) is 0 Å². The van der Waals surface area contributed by atoms with Gasteiger partial charge in [0.25, 0.3) is 0 Å². The van der Waals surface area contributed by atoms with Crippen LogP contribution in [0, 0.1) is 5.92 Å². The average Bonchev–Trinajstić information content (AvgIpc) is 2.28. The highest BCUT2D eigenvalue weighted by Gasteiger charge is 2.10. The fourth-order valence-electron chi connectivity index (χ4n) is 1.63. The van der Waals surface area contributed by atoms with Crippen LogP contribution in [0.2, 0.25) is 0 Å². The van der Waals surface area contributed by atoms with Gasteiger partial charge in [-0.2, -0.15) is 0 Å². The zero-order valence-electron chi connectivity index (χ0n) is 10.8. The number of carbonyl (C=O) groups is 1. The molecule has 0 aromatic heterocycles. The first kappa shape index (κ1) is 13.0. The lowest BCUT2D eigenvalue weighted by Gasteiger charge is -2.09. The van der Waals surface area contributed by atoms with E-state index >= 15 is 0 Å². The summed E-state index contributed by atoms with van der Waals surface area (Å²) in [5.74, 6) is 1.28.